The lowest BCUT2D eigenvalue weighted by atomic mass is 9.82. The van der Waals surface area contributed by atoms with Gasteiger partial charge in [-0.25, -0.2) is 0 Å². The van der Waals surface area contributed by atoms with Crippen LogP contribution in [0.25, 0.3) is 0 Å². The number of rotatable bonds is 0. The maximum absolute atomic E-state index is 3.48. The van der Waals surface area contributed by atoms with Crippen molar-refractivity contribution in [1.29, 1.82) is 0 Å². The van der Waals surface area contributed by atoms with E-state index in [1.165, 1.54) is 32.2 Å². The van der Waals surface area contributed by atoms with E-state index in [2.05, 4.69) is 5.32 Å². The van der Waals surface area contributed by atoms with Crippen molar-refractivity contribution in [3.05, 3.63) is 5.92 Å². The monoisotopic (exact) mass is 110 g/mol. The Morgan fingerprint density at radius 1 is 1.25 bits per heavy atom. The van der Waals surface area contributed by atoms with Gasteiger partial charge in [-0.2, -0.15) is 0 Å². The van der Waals surface area contributed by atoms with Crippen LogP contribution in [0, 0.1) is 5.92 Å². The van der Waals surface area contributed by atoms with Crippen LogP contribution >= 0.6 is 0 Å². The average Bonchev–Trinajstić information content (AvgIpc) is 1.92. The van der Waals surface area contributed by atoms with Crippen molar-refractivity contribution in [2.24, 2.45) is 0 Å². The van der Waals surface area contributed by atoms with Crippen molar-refractivity contribution >= 4 is 0 Å². The Balaban J connectivity index is 2.03. The Hall–Kier alpha value is -0.0400. The van der Waals surface area contributed by atoms with E-state index in [0.717, 1.165) is 6.04 Å². The zero-order chi connectivity index (χ0) is 5.40. The molecule has 0 aromatic carbocycles. The van der Waals surface area contributed by atoms with E-state index in [-0.39, 0.29) is 0 Å². The lowest BCUT2D eigenvalue weighted by molar-refractivity contribution is 0.325. The molecule has 45 valence electrons. The predicted molar refractivity (Wildman–Crippen MR) is 33.5 cm³/mol. The summed E-state index contributed by atoms with van der Waals surface area (Å²) >= 11 is 0. The first kappa shape index (κ1) is 4.80. The van der Waals surface area contributed by atoms with E-state index < -0.39 is 0 Å². The molecule has 2 heterocycles. The van der Waals surface area contributed by atoms with E-state index in [1.807, 2.05) is 0 Å². The molecule has 3 rings (SSSR count). The molecule has 0 spiro atoms. The number of fused-ring (bicyclic) bond motifs is 3. The largest absolute Gasteiger partial charge is 0.313 e. The molecule has 3 fully saturated rings. The Bertz CT molecular complexity index is 59.4. The van der Waals surface area contributed by atoms with Crippen LogP contribution < -0.4 is 5.32 Å². The molecule has 1 radical (unpaired) electrons. The molecule has 3 aliphatic rings. The number of hydrogen-bond acceptors (Lipinski definition) is 1. The first-order valence-corrected chi connectivity index (χ1v) is 3.52. The quantitative estimate of drug-likeness (QED) is 0.492. The van der Waals surface area contributed by atoms with Gasteiger partial charge in [0, 0.05) is 12.6 Å². The van der Waals surface area contributed by atoms with Crippen molar-refractivity contribution in [2.75, 3.05) is 6.54 Å². The maximum Gasteiger partial charge on any atom is 0.00677 e. The molecule has 0 aromatic rings. The van der Waals surface area contributed by atoms with Crippen LogP contribution in [-0.4, -0.2) is 12.6 Å². The summed E-state index contributed by atoms with van der Waals surface area (Å²) in [6.45, 7) is 1.23. The van der Waals surface area contributed by atoms with Gasteiger partial charge in [0.25, 0.3) is 0 Å². The van der Waals surface area contributed by atoms with Crippen LogP contribution in [0.5, 0.6) is 0 Å². The van der Waals surface area contributed by atoms with E-state index in [1.54, 1.807) is 5.92 Å². The Kier molecular flexibility index (Phi) is 1.04. The minimum absolute atomic E-state index is 0.882. The summed E-state index contributed by atoms with van der Waals surface area (Å²) in [5.74, 6) is 1.76. The molecule has 0 unspecified atom stereocenters. The van der Waals surface area contributed by atoms with E-state index in [4.69, 9.17) is 0 Å². The first-order chi connectivity index (χ1) is 3.95. The third-order valence-electron chi connectivity index (χ3n) is 2.33. The molecular formula is C7H12N. The number of piperidine rings is 2. The molecule has 1 saturated carbocycles. The Morgan fingerprint density at radius 3 is 2.12 bits per heavy atom. The normalized spacial score (nSPS) is 31.5. The molecule has 1 heteroatoms. The zero-order valence-corrected chi connectivity index (χ0v) is 5.11. The van der Waals surface area contributed by atoms with Gasteiger partial charge in [0.2, 0.25) is 0 Å². The summed E-state index contributed by atoms with van der Waals surface area (Å²) in [4.78, 5) is 0. The topological polar surface area (TPSA) is 12.0 Å². The molecule has 8 heavy (non-hydrogen) atoms. The summed E-state index contributed by atoms with van der Waals surface area (Å²) in [6, 6.07) is 0.882. The fraction of sp³-hybridized carbons (Fsp3) is 0.857. The SMILES string of the molecule is C1CC2CC[C]1CN2. The number of nitrogens with one attached hydrogen (secondary N) is 1. The van der Waals surface area contributed by atoms with Gasteiger partial charge in [-0.1, -0.05) is 0 Å². The van der Waals surface area contributed by atoms with Crippen molar-refractivity contribution < 1.29 is 0 Å². The fourth-order valence-corrected chi connectivity index (χ4v) is 1.70. The number of hydrogen-bond donors (Lipinski definition) is 1. The molecular weight excluding hydrogens is 98.1 g/mol. The van der Waals surface area contributed by atoms with Gasteiger partial charge >= 0.3 is 0 Å². The van der Waals surface area contributed by atoms with Gasteiger partial charge in [-0.15, -0.1) is 0 Å². The van der Waals surface area contributed by atoms with E-state index >= 15 is 0 Å². The molecule has 1 N–H and O–H groups in total. The highest BCUT2D eigenvalue weighted by atomic mass is 14.9. The average molecular weight is 110 g/mol. The van der Waals surface area contributed by atoms with Gasteiger partial charge in [0.1, 0.15) is 0 Å². The minimum atomic E-state index is 0.882. The standard InChI is InChI=1S/C7H12N/c1-3-7-4-2-6(1)5-8-7/h7-8H,1-5H2. The van der Waals surface area contributed by atoms with Crippen LogP contribution in [0.2, 0.25) is 0 Å². The summed E-state index contributed by atoms with van der Waals surface area (Å²) in [5, 5.41) is 3.48. The second-order valence-electron chi connectivity index (χ2n) is 2.91. The van der Waals surface area contributed by atoms with Gasteiger partial charge in [0.05, 0.1) is 0 Å². The Labute approximate surface area is 50.5 Å². The van der Waals surface area contributed by atoms with Gasteiger partial charge < -0.3 is 5.32 Å². The lowest BCUT2D eigenvalue weighted by Gasteiger charge is -2.36. The smallest absolute Gasteiger partial charge is 0.00677 e. The summed E-state index contributed by atoms with van der Waals surface area (Å²) in [5.41, 5.74) is 0. The molecule has 1 nitrogen and oxygen atoms in total. The maximum atomic E-state index is 3.48. The zero-order valence-electron chi connectivity index (χ0n) is 5.11. The van der Waals surface area contributed by atoms with Crippen LogP contribution in [0.3, 0.4) is 0 Å². The highest BCUT2D eigenvalue weighted by Crippen LogP contribution is 2.29. The Morgan fingerprint density at radius 2 is 2.00 bits per heavy atom. The van der Waals surface area contributed by atoms with Gasteiger partial charge in [-0.3, -0.25) is 0 Å². The fourth-order valence-electron chi connectivity index (χ4n) is 1.70. The van der Waals surface area contributed by atoms with Crippen LogP contribution in [0.1, 0.15) is 25.7 Å². The highest BCUT2D eigenvalue weighted by Gasteiger charge is 2.26. The highest BCUT2D eigenvalue weighted by molar-refractivity contribution is 5.03. The third kappa shape index (κ3) is 0.655. The molecule has 2 aliphatic heterocycles. The van der Waals surface area contributed by atoms with Gasteiger partial charge in [-0.05, 0) is 31.6 Å². The molecule has 1 aliphatic carbocycles. The predicted octanol–water partition coefficient (Wildman–Crippen LogP) is 1.11. The molecule has 2 bridgehead atoms. The van der Waals surface area contributed by atoms with Crippen molar-refractivity contribution in [3.8, 4) is 0 Å². The second-order valence-corrected chi connectivity index (χ2v) is 2.91. The van der Waals surface area contributed by atoms with Crippen molar-refractivity contribution in [2.45, 2.75) is 31.7 Å². The van der Waals surface area contributed by atoms with Crippen molar-refractivity contribution in [3.63, 3.8) is 0 Å². The van der Waals surface area contributed by atoms with Crippen LogP contribution in [-0.2, 0) is 0 Å². The van der Waals surface area contributed by atoms with Crippen LogP contribution in [0.15, 0.2) is 0 Å². The summed E-state index contributed by atoms with van der Waals surface area (Å²) in [7, 11) is 0. The van der Waals surface area contributed by atoms with E-state index in [0.29, 0.717) is 0 Å². The van der Waals surface area contributed by atoms with Crippen molar-refractivity contribution in [1.82, 2.24) is 5.32 Å². The molecule has 0 atom stereocenters. The third-order valence-corrected chi connectivity index (χ3v) is 2.33. The summed E-state index contributed by atoms with van der Waals surface area (Å²) < 4.78 is 0. The second kappa shape index (κ2) is 1.73. The molecule has 0 amide bonds. The minimum Gasteiger partial charge on any atom is -0.313 e. The summed E-state index contributed by atoms with van der Waals surface area (Å²) in [6.07, 6.45) is 5.65. The van der Waals surface area contributed by atoms with E-state index in [9.17, 15) is 0 Å². The molecule has 0 aromatic heterocycles. The lowest BCUT2D eigenvalue weighted by Crippen LogP contribution is -2.43. The van der Waals surface area contributed by atoms with Gasteiger partial charge in [0.15, 0.2) is 0 Å². The van der Waals surface area contributed by atoms with Crippen LogP contribution in [0.4, 0.5) is 0 Å². The molecule has 2 saturated heterocycles. The first-order valence-electron chi connectivity index (χ1n) is 3.52.